The summed E-state index contributed by atoms with van der Waals surface area (Å²) in [5, 5.41) is 2.82. The second-order valence-electron chi connectivity index (χ2n) is 5.73. The summed E-state index contributed by atoms with van der Waals surface area (Å²) < 4.78 is 4.94. The number of carbonyl (C=O) groups is 1. The van der Waals surface area contributed by atoms with Gasteiger partial charge in [-0.3, -0.25) is 4.98 Å². The number of amides is 1. The van der Waals surface area contributed by atoms with E-state index in [1.165, 1.54) is 5.56 Å². The summed E-state index contributed by atoms with van der Waals surface area (Å²) in [6.07, 6.45) is 1.38. The van der Waals surface area contributed by atoms with Crippen molar-refractivity contribution in [3.63, 3.8) is 0 Å². The smallest absolute Gasteiger partial charge is 0.407 e. The minimum atomic E-state index is -0.396. The van der Waals surface area contributed by atoms with Crippen LogP contribution >= 0.6 is 0 Å². The maximum absolute atomic E-state index is 11.6. The van der Waals surface area contributed by atoms with Crippen LogP contribution in [0.15, 0.2) is 48.7 Å². The summed E-state index contributed by atoms with van der Waals surface area (Å²) in [6.45, 7) is 6.96. The van der Waals surface area contributed by atoms with Crippen LogP contribution in [-0.2, 0) is 4.74 Å². The van der Waals surface area contributed by atoms with E-state index in [9.17, 15) is 4.79 Å². The molecule has 0 aliphatic rings. The van der Waals surface area contributed by atoms with Gasteiger partial charge in [0.2, 0.25) is 0 Å². The van der Waals surface area contributed by atoms with E-state index in [2.05, 4.69) is 48.4 Å². The van der Waals surface area contributed by atoms with Crippen LogP contribution in [0.5, 0.6) is 0 Å². The zero-order valence-electron chi connectivity index (χ0n) is 14.0. The molecule has 1 aromatic heterocycles. The number of pyridine rings is 1. The van der Waals surface area contributed by atoms with Crippen LogP contribution in [0.1, 0.15) is 49.4 Å². The fourth-order valence-electron chi connectivity index (χ4n) is 2.46. The molecule has 0 spiro atoms. The van der Waals surface area contributed by atoms with Crippen molar-refractivity contribution in [2.24, 2.45) is 0 Å². The lowest BCUT2D eigenvalue weighted by Gasteiger charge is -2.18. The first-order chi connectivity index (χ1) is 11.1. The Morgan fingerprint density at radius 3 is 2.39 bits per heavy atom. The zero-order chi connectivity index (χ0) is 16.7. The van der Waals surface area contributed by atoms with E-state index in [1.807, 2.05) is 18.2 Å². The molecule has 1 N–H and O–H groups in total. The van der Waals surface area contributed by atoms with Crippen LogP contribution in [0.2, 0.25) is 0 Å². The molecule has 2 aromatic rings. The van der Waals surface area contributed by atoms with Gasteiger partial charge in [0, 0.05) is 24.4 Å². The van der Waals surface area contributed by atoms with Gasteiger partial charge < -0.3 is 10.1 Å². The number of benzene rings is 1. The van der Waals surface area contributed by atoms with Gasteiger partial charge >= 0.3 is 6.09 Å². The fourth-order valence-corrected chi connectivity index (χ4v) is 2.46. The summed E-state index contributed by atoms with van der Waals surface area (Å²) in [5.74, 6) is 0.497. The summed E-state index contributed by atoms with van der Waals surface area (Å²) in [4.78, 5) is 16.0. The van der Waals surface area contributed by atoms with Crippen LogP contribution in [0.25, 0.3) is 0 Å². The van der Waals surface area contributed by atoms with Gasteiger partial charge in [-0.25, -0.2) is 4.79 Å². The minimum absolute atomic E-state index is 0.00168. The van der Waals surface area contributed by atoms with E-state index in [1.54, 1.807) is 13.1 Å². The number of rotatable bonds is 6. The van der Waals surface area contributed by atoms with Gasteiger partial charge in [-0.05, 0) is 36.1 Å². The molecule has 1 unspecified atom stereocenters. The third-order valence-electron chi connectivity index (χ3n) is 3.78. The van der Waals surface area contributed by atoms with Crippen LogP contribution in [-0.4, -0.2) is 24.2 Å². The number of nitrogens with one attached hydrogen (secondary N) is 1. The molecule has 0 saturated heterocycles. The molecule has 0 aliphatic carbocycles. The van der Waals surface area contributed by atoms with Crippen molar-refractivity contribution in [1.29, 1.82) is 0 Å². The second-order valence-corrected chi connectivity index (χ2v) is 5.73. The first-order valence-electron chi connectivity index (χ1n) is 8.03. The van der Waals surface area contributed by atoms with Gasteiger partial charge in [0.05, 0.1) is 6.61 Å². The minimum Gasteiger partial charge on any atom is -0.450 e. The topological polar surface area (TPSA) is 51.2 Å². The third-order valence-corrected chi connectivity index (χ3v) is 3.78. The van der Waals surface area contributed by atoms with Crippen molar-refractivity contribution in [2.75, 3.05) is 13.2 Å². The quantitative estimate of drug-likeness (QED) is 0.874. The SMILES string of the molecule is CCOC(=O)NCC(c1ccc(C(C)C)cc1)c1ccccn1. The Morgan fingerprint density at radius 1 is 1.13 bits per heavy atom. The Morgan fingerprint density at radius 2 is 1.83 bits per heavy atom. The molecule has 122 valence electrons. The Bertz CT molecular complexity index is 609. The lowest BCUT2D eigenvalue weighted by Crippen LogP contribution is -2.29. The molecule has 0 aliphatic heterocycles. The number of carbonyl (C=O) groups excluding carboxylic acids is 1. The van der Waals surface area contributed by atoms with Crippen molar-refractivity contribution in [3.8, 4) is 0 Å². The highest BCUT2D eigenvalue weighted by Gasteiger charge is 2.17. The monoisotopic (exact) mass is 312 g/mol. The van der Waals surface area contributed by atoms with Crippen LogP contribution in [0, 0.1) is 0 Å². The van der Waals surface area contributed by atoms with Gasteiger partial charge in [-0.2, -0.15) is 0 Å². The summed E-state index contributed by atoms with van der Waals surface area (Å²) in [7, 11) is 0. The third kappa shape index (κ3) is 4.81. The number of aromatic nitrogens is 1. The Kier molecular flexibility index (Phi) is 6.15. The van der Waals surface area contributed by atoms with Crippen molar-refractivity contribution in [2.45, 2.75) is 32.6 Å². The number of nitrogens with zero attached hydrogens (tertiary/aromatic N) is 1. The average molecular weight is 312 g/mol. The van der Waals surface area contributed by atoms with E-state index < -0.39 is 6.09 Å². The van der Waals surface area contributed by atoms with Crippen molar-refractivity contribution in [1.82, 2.24) is 10.3 Å². The van der Waals surface area contributed by atoms with Crippen LogP contribution in [0.3, 0.4) is 0 Å². The van der Waals surface area contributed by atoms with Gasteiger partial charge in [0.25, 0.3) is 0 Å². The summed E-state index contributed by atoms with van der Waals surface area (Å²) >= 11 is 0. The predicted molar refractivity (Wildman–Crippen MR) is 91.6 cm³/mol. The lowest BCUT2D eigenvalue weighted by atomic mass is 9.92. The fraction of sp³-hybridized carbons (Fsp3) is 0.368. The van der Waals surface area contributed by atoms with Crippen molar-refractivity contribution in [3.05, 3.63) is 65.5 Å². The predicted octanol–water partition coefficient (Wildman–Crippen LogP) is 4.08. The Balaban J connectivity index is 2.21. The average Bonchev–Trinajstić information content (AvgIpc) is 2.57. The highest BCUT2D eigenvalue weighted by molar-refractivity contribution is 5.67. The largest absolute Gasteiger partial charge is 0.450 e. The molecule has 23 heavy (non-hydrogen) atoms. The highest BCUT2D eigenvalue weighted by atomic mass is 16.5. The first-order valence-corrected chi connectivity index (χ1v) is 8.03. The number of ether oxygens (including phenoxy) is 1. The maximum atomic E-state index is 11.6. The van der Waals surface area contributed by atoms with E-state index in [-0.39, 0.29) is 5.92 Å². The summed E-state index contributed by atoms with van der Waals surface area (Å²) in [5.41, 5.74) is 3.36. The second kappa shape index (κ2) is 8.32. The molecule has 0 fully saturated rings. The molecule has 1 aromatic carbocycles. The molecule has 0 bridgehead atoms. The number of hydrogen-bond acceptors (Lipinski definition) is 3. The van der Waals surface area contributed by atoms with Gasteiger partial charge in [-0.1, -0.05) is 44.2 Å². The molecule has 2 rings (SSSR count). The van der Waals surface area contributed by atoms with Crippen LogP contribution in [0.4, 0.5) is 4.79 Å². The van der Waals surface area contributed by atoms with Crippen molar-refractivity contribution >= 4 is 6.09 Å². The Labute approximate surface area is 137 Å². The first kappa shape index (κ1) is 17.0. The number of alkyl carbamates (subject to hydrolysis) is 1. The molecule has 1 amide bonds. The molecule has 4 heteroatoms. The standard InChI is InChI=1S/C19H24N2O2/c1-4-23-19(22)21-13-17(18-7-5-6-12-20-18)16-10-8-15(9-11-16)14(2)3/h5-12,14,17H,4,13H2,1-3H3,(H,21,22). The Hall–Kier alpha value is -2.36. The van der Waals surface area contributed by atoms with Gasteiger partial charge in [0.1, 0.15) is 0 Å². The van der Waals surface area contributed by atoms with Crippen molar-refractivity contribution < 1.29 is 9.53 Å². The maximum Gasteiger partial charge on any atom is 0.407 e. The van der Waals surface area contributed by atoms with E-state index >= 15 is 0 Å². The van der Waals surface area contributed by atoms with Gasteiger partial charge in [0.15, 0.2) is 0 Å². The molecule has 0 radical (unpaired) electrons. The van der Waals surface area contributed by atoms with Crippen LogP contribution < -0.4 is 5.32 Å². The zero-order valence-corrected chi connectivity index (χ0v) is 14.0. The van der Waals surface area contributed by atoms with E-state index in [0.29, 0.717) is 19.1 Å². The molecule has 4 nitrogen and oxygen atoms in total. The highest BCUT2D eigenvalue weighted by Crippen LogP contribution is 2.24. The molecule has 0 saturated carbocycles. The number of hydrogen-bond donors (Lipinski definition) is 1. The summed E-state index contributed by atoms with van der Waals surface area (Å²) in [6, 6.07) is 14.3. The van der Waals surface area contributed by atoms with Gasteiger partial charge in [-0.15, -0.1) is 0 Å². The van der Waals surface area contributed by atoms with E-state index in [4.69, 9.17) is 4.74 Å². The molecule has 1 atom stereocenters. The molecular weight excluding hydrogens is 288 g/mol. The lowest BCUT2D eigenvalue weighted by molar-refractivity contribution is 0.152. The van der Waals surface area contributed by atoms with E-state index in [0.717, 1.165) is 11.3 Å². The molecular formula is C19H24N2O2. The molecule has 1 heterocycles. The normalized spacial score (nSPS) is 12.0.